The molecule has 1 saturated carbocycles. The summed E-state index contributed by atoms with van der Waals surface area (Å²) >= 11 is 0. The Hall–Kier alpha value is -2.81. The highest BCUT2D eigenvalue weighted by atomic mass is 19.4. The van der Waals surface area contributed by atoms with Crippen LogP contribution in [0.25, 0.3) is 11.0 Å². The summed E-state index contributed by atoms with van der Waals surface area (Å²) in [5.74, 6) is 0.203. The van der Waals surface area contributed by atoms with E-state index in [-0.39, 0.29) is 11.9 Å². The molecule has 2 aromatic heterocycles. The Morgan fingerprint density at radius 2 is 1.89 bits per heavy atom. The predicted octanol–water partition coefficient (Wildman–Crippen LogP) is 4.21. The number of rotatable bonds is 4. The molecule has 6 nitrogen and oxygen atoms in total. The maximum Gasteiger partial charge on any atom is 0.573 e. The largest absolute Gasteiger partial charge is 0.573 e. The van der Waals surface area contributed by atoms with E-state index in [4.69, 9.17) is 4.74 Å². The van der Waals surface area contributed by atoms with Crippen molar-refractivity contribution in [1.29, 1.82) is 0 Å². The molecule has 0 aliphatic heterocycles. The van der Waals surface area contributed by atoms with Crippen LogP contribution in [0.1, 0.15) is 25.8 Å². The molecule has 0 spiro atoms. The highest BCUT2D eigenvalue weighted by Crippen LogP contribution is 2.42. The Balaban J connectivity index is 1.52. The van der Waals surface area contributed by atoms with Crippen molar-refractivity contribution in [1.82, 2.24) is 14.5 Å². The van der Waals surface area contributed by atoms with Crippen molar-refractivity contribution < 1.29 is 27.8 Å². The molecule has 3 aromatic rings. The van der Waals surface area contributed by atoms with Crippen molar-refractivity contribution >= 4 is 11.0 Å². The highest BCUT2D eigenvalue weighted by molar-refractivity contribution is 5.77. The van der Waals surface area contributed by atoms with Gasteiger partial charge >= 0.3 is 6.36 Å². The average Bonchev–Trinajstić information content (AvgIpc) is 2.96. The molecule has 1 aromatic carbocycles. The molecule has 0 saturated heterocycles. The number of alkyl halides is 3. The number of benzene rings is 1. The summed E-state index contributed by atoms with van der Waals surface area (Å²) < 4.78 is 48.0. The lowest BCUT2D eigenvalue weighted by molar-refractivity contribution is -0.274. The van der Waals surface area contributed by atoms with E-state index >= 15 is 0 Å². The third-order valence-corrected chi connectivity index (χ3v) is 4.46. The van der Waals surface area contributed by atoms with Crippen LogP contribution in [-0.4, -0.2) is 31.6 Å². The number of imidazole rings is 1. The monoisotopic (exact) mass is 379 g/mol. The fourth-order valence-electron chi connectivity index (χ4n) is 3.25. The number of hydrogen-bond donors (Lipinski definition) is 1. The molecule has 1 aliphatic rings. The minimum Gasteiger partial charge on any atom is -0.439 e. The summed E-state index contributed by atoms with van der Waals surface area (Å²) in [6, 6.07) is 7.88. The van der Waals surface area contributed by atoms with Crippen LogP contribution in [0.4, 0.5) is 13.2 Å². The van der Waals surface area contributed by atoms with Gasteiger partial charge in [-0.3, -0.25) is 0 Å². The number of fused-ring (bicyclic) bond motifs is 1. The molecule has 4 rings (SSSR count). The normalized spacial score (nSPS) is 22.5. The van der Waals surface area contributed by atoms with E-state index in [1.165, 1.54) is 6.07 Å². The highest BCUT2D eigenvalue weighted by Gasteiger charge is 2.39. The van der Waals surface area contributed by atoms with Crippen LogP contribution < -0.4 is 9.47 Å². The number of pyridine rings is 1. The van der Waals surface area contributed by atoms with Crippen molar-refractivity contribution in [3.63, 3.8) is 0 Å². The molecular weight excluding hydrogens is 363 g/mol. The summed E-state index contributed by atoms with van der Waals surface area (Å²) in [4.78, 5) is 8.18. The van der Waals surface area contributed by atoms with Crippen molar-refractivity contribution in [3.05, 3.63) is 42.9 Å². The van der Waals surface area contributed by atoms with E-state index in [0.717, 1.165) is 23.3 Å². The lowest BCUT2D eigenvalue weighted by Crippen LogP contribution is -2.41. The first kappa shape index (κ1) is 17.6. The maximum atomic E-state index is 12.2. The van der Waals surface area contributed by atoms with E-state index in [9.17, 15) is 18.3 Å². The van der Waals surface area contributed by atoms with Crippen molar-refractivity contribution in [3.8, 4) is 17.4 Å². The third-order valence-electron chi connectivity index (χ3n) is 4.46. The van der Waals surface area contributed by atoms with E-state index in [1.54, 1.807) is 31.5 Å². The van der Waals surface area contributed by atoms with Gasteiger partial charge in [0.25, 0.3) is 0 Å². The first-order chi connectivity index (χ1) is 12.7. The van der Waals surface area contributed by atoms with Gasteiger partial charge in [0.1, 0.15) is 11.5 Å². The Kier molecular flexibility index (Phi) is 3.99. The Labute approximate surface area is 152 Å². The molecule has 142 valence electrons. The number of aromatic nitrogens is 3. The Morgan fingerprint density at radius 1 is 1.15 bits per heavy atom. The Morgan fingerprint density at radius 3 is 2.52 bits per heavy atom. The molecule has 1 N–H and O–H groups in total. The summed E-state index contributed by atoms with van der Waals surface area (Å²) in [6.07, 6.45) is -0.797. The molecule has 0 unspecified atom stereocenters. The van der Waals surface area contributed by atoms with Crippen LogP contribution in [0.15, 0.2) is 42.9 Å². The van der Waals surface area contributed by atoms with Crippen molar-refractivity contribution in [2.75, 3.05) is 0 Å². The molecule has 1 fully saturated rings. The van der Waals surface area contributed by atoms with Gasteiger partial charge in [-0.25, -0.2) is 9.97 Å². The lowest BCUT2D eigenvalue weighted by Gasteiger charge is -2.41. The van der Waals surface area contributed by atoms with Gasteiger partial charge in [0, 0.05) is 18.2 Å². The van der Waals surface area contributed by atoms with E-state index in [0.29, 0.717) is 18.6 Å². The second-order valence-corrected chi connectivity index (χ2v) is 6.84. The smallest absolute Gasteiger partial charge is 0.439 e. The number of aliphatic hydroxyl groups is 1. The number of ether oxygens (including phenoxy) is 2. The molecular formula is C18H16F3N3O3. The lowest BCUT2D eigenvalue weighted by atomic mass is 9.77. The zero-order chi connectivity index (χ0) is 19.2. The van der Waals surface area contributed by atoms with Crippen LogP contribution in [0.2, 0.25) is 0 Å². The summed E-state index contributed by atoms with van der Waals surface area (Å²) in [7, 11) is 0. The zero-order valence-electron chi connectivity index (χ0n) is 14.3. The van der Waals surface area contributed by atoms with E-state index in [1.807, 2.05) is 4.57 Å². The molecule has 0 amide bonds. The minimum absolute atomic E-state index is 0.140. The Bertz CT molecular complexity index is 959. The fourth-order valence-corrected chi connectivity index (χ4v) is 3.25. The van der Waals surface area contributed by atoms with Crippen LogP contribution in [0, 0.1) is 0 Å². The van der Waals surface area contributed by atoms with E-state index < -0.39 is 17.7 Å². The van der Waals surface area contributed by atoms with Gasteiger partial charge in [-0.15, -0.1) is 13.2 Å². The SMILES string of the molecule is CC1(O)CC(n2cnc3ccc(Oc4ccc(OC(F)(F)F)cn4)cc32)C1. The van der Waals surface area contributed by atoms with Gasteiger partial charge in [0.2, 0.25) is 5.88 Å². The summed E-state index contributed by atoms with van der Waals surface area (Å²) in [5.41, 5.74) is 0.986. The molecule has 1 aliphatic carbocycles. The zero-order valence-corrected chi connectivity index (χ0v) is 14.3. The predicted molar refractivity (Wildman–Crippen MR) is 89.6 cm³/mol. The standard InChI is InChI=1S/C18H16F3N3O3/c1-17(25)7-11(8-17)24-10-23-14-4-2-12(6-15(14)24)26-16-5-3-13(9-22-16)27-18(19,20)21/h2-6,9-11,25H,7-8H2,1H3. The van der Waals surface area contributed by atoms with Gasteiger partial charge in [-0.1, -0.05) is 0 Å². The van der Waals surface area contributed by atoms with Gasteiger partial charge in [-0.05, 0) is 38.0 Å². The minimum atomic E-state index is -4.76. The van der Waals surface area contributed by atoms with Crippen LogP contribution >= 0.6 is 0 Å². The molecule has 0 atom stereocenters. The topological polar surface area (TPSA) is 69.4 Å². The van der Waals surface area contributed by atoms with Crippen LogP contribution in [-0.2, 0) is 0 Å². The second-order valence-electron chi connectivity index (χ2n) is 6.84. The van der Waals surface area contributed by atoms with Crippen molar-refractivity contribution in [2.45, 2.75) is 37.8 Å². The summed E-state index contributed by atoms with van der Waals surface area (Å²) in [6.45, 7) is 1.80. The number of nitrogens with zero attached hydrogens (tertiary/aromatic N) is 3. The molecule has 27 heavy (non-hydrogen) atoms. The van der Waals surface area contributed by atoms with Gasteiger partial charge in [0.05, 0.1) is 29.2 Å². The van der Waals surface area contributed by atoms with Gasteiger partial charge in [0.15, 0.2) is 0 Å². The second kappa shape index (κ2) is 6.12. The molecule has 9 heteroatoms. The average molecular weight is 379 g/mol. The van der Waals surface area contributed by atoms with E-state index in [2.05, 4.69) is 14.7 Å². The number of halogens is 3. The molecule has 2 heterocycles. The summed E-state index contributed by atoms with van der Waals surface area (Å²) in [5, 5.41) is 9.95. The van der Waals surface area contributed by atoms with Gasteiger partial charge < -0.3 is 19.1 Å². The molecule has 0 bridgehead atoms. The van der Waals surface area contributed by atoms with Crippen LogP contribution in [0.3, 0.4) is 0 Å². The first-order valence-electron chi connectivity index (χ1n) is 8.27. The van der Waals surface area contributed by atoms with Crippen molar-refractivity contribution in [2.24, 2.45) is 0 Å². The maximum absolute atomic E-state index is 12.2. The first-order valence-corrected chi connectivity index (χ1v) is 8.27. The van der Waals surface area contributed by atoms with Gasteiger partial charge in [-0.2, -0.15) is 0 Å². The third kappa shape index (κ3) is 3.82. The quantitative estimate of drug-likeness (QED) is 0.736. The van der Waals surface area contributed by atoms with Crippen LogP contribution in [0.5, 0.6) is 17.4 Å². The molecule has 0 radical (unpaired) electrons. The number of hydrogen-bond acceptors (Lipinski definition) is 5. The fraction of sp³-hybridized carbons (Fsp3) is 0.333.